The molecule has 0 spiro atoms. The maximum atomic E-state index is 11.5. The van der Waals surface area contributed by atoms with Gasteiger partial charge in [0, 0.05) is 25.8 Å². The molecule has 0 aromatic rings. The Morgan fingerprint density at radius 1 is 1.05 bits per heavy atom. The maximum Gasteiger partial charge on any atom is 0.330 e. The van der Waals surface area contributed by atoms with Gasteiger partial charge in [0.05, 0.1) is 6.10 Å². The van der Waals surface area contributed by atoms with Gasteiger partial charge in [-0.25, -0.2) is 4.79 Å². The maximum absolute atomic E-state index is 11.5. The van der Waals surface area contributed by atoms with Gasteiger partial charge in [0.15, 0.2) is 0 Å². The molecular formula is C17H30O5. The second kappa shape index (κ2) is 10.4. The summed E-state index contributed by atoms with van der Waals surface area (Å²) in [6.45, 7) is 12.6. The lowest BCUT2D eigenvalue weighted by Gasteiger charge is -2.27. The number of ether oxygens (including phenoxy) is 2. The Bertz CT molecular complexity index is 362. The van der Waals surface area contributed by atoms with E-state index < -0.39 is 18.2 Å². The number of hydrogen-bond acceptors (Lipinski definition) is 5. The summed E-state index contributed by atoms with van der Waals surface area (Å²) < 4.78 is 10.6. The molecule has 0 saturated carbocycles. The van der Waals surface area contributed by atoms with Gasteiger partial charge in [0.25, 0.3) is 0 Å². The summed E-state index contributed by atoms with van der Waals surface area (Å²) in [5, 5.41) is 10.0. The number of aliphatic hydroxyl groups is 1. The van der Waals surface area contributed by atoms with Crippen LogP contribution < -0.4 is 0 Å². The van der Waals surface area contributed by atoms with Crippen molar-refractivity contribution >= 4 is 11.9 Å². The Kier molecular flexibility index (Phi) is 9.74. The molecule has 0 aromatic heterocycles. The van der Waals surface area contributed by atoms with E-state index in [9.17, 15) is 14.7 Å². The van der Waals surface area contributed by atoms with Crippen LogP contribution in [0.5, 0.6) is 0 Å². The van der Waals surface area contributed by atoms with Gasteiger partial charge in [-0.3, -0.25) is 4.79 Å². The standard InChI is InChI=1S/C17H30O5/c1-7-17(20)22-15(10-16(19)12(4)5)9-14(8-11(2)3)21-13(6)18/h7,11-12,14-16,19H,1,8-10H2,2-6H3. The molecular weight excluding hydrogens is 284 g/mol. The minimum Gasteiger partial charge on any atom is -0.462 e. The second-order valence-corrected chi connectivity index (χ2v) is 6.41. The lowest BCUT2D eigenvalue weighted by Crippen LogP contribution is -2.31. The highest BCUT2D eigenvalue weighted by Gasteiger charge is 2.25. The van der Waals surface area contributed by atoms with Crippen molar-refractivity contribution in [3.8, 4) is 0 Å². The highest BCUT2D eigenvalue weighted by molar-refractivity contribution is 5.81. The molecule has 0 aromatic carbocycles. The van der Waals surface area contributed by atoms with Gasteiger partial charge in [0.1, 0.15) is 12.2 Å². The van der Waals surface area contributed by atoms with Crippen LogP contribution in [-0.2, 0) is 19.1 Å². The Morgan fingerprint density at radius 2 is 1.59 bits per heavy atom. The Morgan fingerprint density at radius 3 is 2.00 bits per heavy atom. The Hall–Kier alpha value is -1.36. The van der Waals surface area contributed by atoms with Crippen LogP contribution in [0.15, 0.2) is 12.7 Å². The van der Waals surface area contributed by atoms with Crippen LogP contribution >= 0.6 is 0 Å². The molecule has 0 aliphatic heterocycles. The van der Waals surface area contributed by atoms with Crippen molar-refractivity contribution < 1.29 is 24.2 Å². The van der Waals surface area contributed by atoms with E-state index in [0.717, 1.165) is 6.08 Å². The smallest absolute Gasteiger partial charge is 0.330 e. The first-order valence-corrected chi connectivity index (χ1v) is 7.84. The zero-order valence-electron chi connectivity index (χ0n) is 14.4. The predicted octanol–water partition coefficient (Wildman–Crippen LogP) is 2.86. The van der Waals surface area contributed by atoms with Crippen molar-refractivity contribution in [3.05, 3.63) is 12.7 Å². The number of esters is 2. The summed E-state index contributed by atoms with van der Waals surface area (Å²) in [6.07, 6.45) is 1.04. The first kappa shape index (κ1) is 20.6. The van der Waals surface area contributed by atoms with Crippen LogP contribution in [0.2, 0.25) is 0 Å². The molecule has 3 unspecified atom stereocenters. The molecule has 0 aliphatic rings. The number of rotatable bonds is 10. The quantitative estimate of drug-likeness (QED) is 0.496. The minimum absolute atomic E-state index is 0.0576. The van der Waals surface area contributed by atoms with Gasteiger partial charge in [-0.1, -0.05) is 34.3 Å². The van der Waals surface area contributed by atoms with Crippen molar-refractivity contribution in [2.75, 3.05) is 0 Å². The molecule has 0 saturated heterocycles. The normalized spacial score (nSPS) is 15.3. The van der Waals surface area contributed by atoms with Crippen LogP contribution in [0.1, 0.15) is 53.9 Å². The van der Waals surface area contributed by atoms with Gasteiger partial charge >= 0.3 is 11.9 Å². The average molecular weight is 314 g/mol. The third-order valence-electron chi connectivity index (χ3n) is 3.32. The topological polar surface area (TPSA) is 72.8 Å². The predicted molar refractivity (Wildman–Crippen MR) is 85.2 cm³/mol. The van der Waals surface area contributed by atoms with Crippen molar-refractivity contribution in [1.29, 1.82) is 0 Å². The summed E-state index contributed by atoms with van der Waals surface area (Å²) >= 11 is 0. The fraction of sp³-hybridized carbons (Fsp3) is 0.765. The van der Waals surface area contributed by atoms with Crippen LogP contribution in [0.4, 0.5) is 0 Å². The van der Waals surface area contributed by atoms with E-state index in [1.807, 2.05) is 27.7 Å². The largest absolute Gasteiger partial charge is 0.462 e. The van der Waals surface area contributed by atoms with Crippen molar-refractivity contribution in [1.82, 2.24) is 0 Å². The summed E-state index contributed by atoms with van der Waals surface area (Å²) in [4.78, 5) is 22.7. The van der Waals surface area contributed by atoms with E-state index in [1.165, 1.54) is 6.92 Å². The van der Waals surface area contributed by atoms with Gasteiger partial charge in [0.2, 0.25) is 0 Å². The third-order valence-corrected chi connectivity index (χ3v) is 3.32. The fourth-order valence-electron chi connectivity index (χ4n) is 2.19. The first-order chi connectivity index (χ1) is 10.1. The molecule has 5 nitrogen and oxygen atoms in total. The molecule has 1 N–H and O–H groups in total. The minimum atomic E-state index is -0.584. The van der Waals surface area contributed by atoms with E-state index in [4.69, 9.17) is 9.47 Å². The molecule has 0 fully saturated rings. The van der Waals surface area contributed by atoms with Gasteiger partial charge in [-0.2, -0.15) is 0 Å². The fourth-order valence-corrected chi connectivity index (χ4v) is 2.19. The summed E-state index contributed by atoms with van der Waals surface area (Å²) in [5.41, 5.74) is 0. The van der Waals surface area contributed by atoms with E-state index >= 15 is 0 Å². The summed E-state index contributed by atoms with van der Waals surface area (Å²) in [6, 6.07) is 0. The van der Waals surface area contributed by atoms with Crippen LogP contribution in [-0.4, -0.2) is 35.4 Å². The zero-order chi connectivity index (χ0) is 17.3. The van der Waals surface area contributed by atoms with Crippen LogP contribution in [0.3, 0.4) is 0 Å². The number of aliphatic hydroxyl groups excluding tert-OH is 1. The summed E-state index contributed by atoms with van der Waals surface area (Å²) in [5.74, 6) is -0.492. The second-order valence-electron chi connectivity index (χ2n) is 6.41. The van der Waals surface area contributed by atoms with Gasteiger partial charge in [-0.05, 0) is 18.3 Å². The van der Waals surface area contributed by atoms with Crippen LogP contribution in [0, 0.1) is 11.8 Å². The molecule has 0 bridgehead atoms. The Balaban J connectivity index is 4.89. The van der Waals surface area contributed by atoms with Crippen molar-refractivity contribution in [2.24, 2.45) is 11.8 Å². The van der Waals surface area contributed by atoms with E-state index in [2.05, 4.69) is 6.58 Å². The average Bonchev–Trinajstić information content (AvgIpc) is 2.36. The highest BCUT2D eigenvalue weighted by Crippen LogP contribution is 2.20. The Labute approximate surface area is 133 Å². The van der Waals surface area contributed by atoms with Crippen molar-refractivity contribution in [3.63, 3.8) is 0 Å². The first-order valence-electron chi connectivity index (χ1n) is 7.84. The molecule has 22 heavy (non-hydrogen) atoms. The SMILES string of the molecule is C=CC(=O)OC(CC(CC(C)C)OC(C)=O)CC(O)C(C)C. The van der Waals surface area contributed by atoms with E-state index in [1.54, 1.807) is 0 Å². The van der Waals surface area contributed by atoms with Gasteiger partial charge < -0.3 is 14.6 Å². The lowest BCUT2D eigenvalue weighted by atomic mass is 9.95. The number of carbonyl (C=O) groups is 2. The molecule has 3 atom stereocenters. The van der Waals surface area contributed by atoms with Crippen molar-refractivity contribution in [2.45, 2.75) is 72.2 Å². The number of hydrogen-bond donors (Lipinski definition) is 1. The number of carbonyl (C=O) groups excluding carboxylic acids is 2. The molecule has 5 heteroatoms. The zero-order valence-corrected chi connectivity index (χ0v) is 14.4. The van der Waals surface area contributed by atoms with Crippen LogP contribution in [0.25, 0.3) is 0 Å². The molecule has 0 aliphatic carbocycles. The third kappa shape index (κ3) is 9.55. The highest BCUT2D eigenvalue weighted by atomic mass is 16.6. The summed E-state index contributed by atoms with van der Waals surface area (Å²) in [7, 11) is 0. The van der Waals surface area contributed by atoms with E-state index in [0.29, 0.717) is 25.2 Å². The molecule has 0 amide bonds. The van der Waals surface area contributed by atoms with Gasteiger partial charge in [-0.15, -0.1) is 0 Å². The molecule has 128 valence electrons. The lowest BCUT2D eigenvalue weighted by molar-refractivity contribution is -0.153. The monoisotopic (exact) mass is 314 g/mol. The molecule has 0 rings (SSSR count). The molecule has 0 radical (unpaired) electrons. The van der Waals surface area contributed by atoms with E-state index in [-0.39, 0.29) is 18.0 Å². The molecule has 0 heterocycles.